The lowest BCUT2D eigenvalue weighted by molar-refractivity contribution is -0.118. The second-order valence-corrected chi connectivity index (χ2v) is 13.6. The van der Waals surface area contributed by atoms with Gasteiger partial charge in [0.2, 0.25) is 5.91 Å². The minimum atomic E-state index is -1.99. The quantitative estimate of drug-likeness (QED) is 0.679. The van der Waals surface area contributed by atoms with E-state index in [2.05, 4.69) is 39.2 Å². The van der Waals surface area contributed by atoms with Crippen LogP contribution in [0.2, 0.25) is 18.1 Å². The molecule has 0 unspecified atom stereocenters. The lowest BCUT2D eigenvalue weighted by Crippen LogP contribution is -2.51. The summed E-state index contributed by atoms with van der Waals surface area (Å²) in [4.78, 5) is 23.2. The van der Waals surface area contributed by atoms with Crippen LogP contribution in [0.3, 0.4) is 0 Å². The van der Waals surface area contributed by atoms with Gasteiger partial charge in [-0.3, -0.25) is 4.79 Å². The van der Waals surface area contributed by atoms with Crippen molar-refractivity contribution in [3.05, 3.63) is 0 Å². The van der Waals surface area contributed by atoms with Gasteiger partial charge in [0.15, 0.2) is 8.32 Å². The predicted molar refractivity (Wildman–Crippen MR) is 99.3 cm³/mol. The molecule has 7 heteroatoms. The van der Waals surface area contributed by atoms with Gasteiger partial charge >= 0.3 is 6.09 Å². The van der Waals surface area contributed by atoms with Crippen molar-refractivity contribution >= 4 is 20.3 Å². The Balaban J connectivity index is 5.05. The van der Waals surface area contributed by atoms with E-state index in [9.17, 15) is 9.59 Å². The van der Waals surface area contributed by atoms with Crippen molar-refractivity contribution in [3.8, 4) is 0 Å². The molecule has 0 aliphatic rings. The molecule has 0 fully saturated rings. The molecule has 0 aliphatic carbocycles. The Kier molecular flexibility index (Phi) is 7.96. The molecule has 6 nitrogen and oxygen atoms in total. The Bertz CT molecular complexity index is 439. The van der Waals surface area contributed by atoms with Crippen LogP contribution in [0.5, 0.6) is 0 Å². The van der Waals surface area contributed by atoms with Crippen molar-refractivity contribution in [2.75, 3.05) is 0 Å². The van der Waals surface area contributed by atoms with E-state index in [-0.39, 0.29) is 23.6 Å². The molecule has 0 spiro atoms. The number of carbonyl (C=O) groups excluding carboxylic acids is 2. The van der Waals surface area contributed by atoms with E-state index in [1.54, 1.807) is 20.8 Å². The lowest BCUT2D eigenvalue weighted by atomic mass is 10.1. The number of nitrogens with two attached hydrogens (primary N) is 1. The molecular formula is C17H36N2O4Si. The molecule has 0 radical (unpaired) electrons. The predicted octanol–water partition coefficient (Wildman–Crippen LogP) is 3.56. The van der Waals surface area contributed by atoms with Gasteiger partial charge in [0.25, 0.3) is 0 Å². The third-order valence-corrected chi connectivity index (χ3v) is 8.83. The van der Waals surface area contributed by atoms with E-state index < -0.39 is 25.9 Å². The normalized spacial score (nSPS) is 15.5. The van der Waals surface area contributed by atoms with Crippen LogP contribution in [0.4, 0.5) is 4.79 Å². The number of nitrogens with one attached hydrogen (secondary N) is 1. The summed E-state index contributed by atoms with van der Waals surface area (Å²) in [6, 6.07) is -0.332. The smallest absolute Gasteiger partial charge is 0.407 e. The summed E-state index contributed by atoms with van der Waals surface area (Å²) in [7, 11) is -1.99. The molecule has 3 N–H and O–H groups in total. The summed E-state index contributed by atoms with van der Waals surface area (Å²) >= 11 is 0. The Morgan fingerprint density at radius 3 is 2.00 bits per heavy atom. The molecule has 142 valence electrons. The van der Waals surface area contributed by atoms with Gasteiger partial charge in [-0.05, 0) is 52.2 Å². The number of amides is 2. The standard InChI is InChI=1S/C17H36N2O4Si/c1-12(23-24(8,9)17(5,6)7)13(10-11-14(18)20)19-15(21)22-16(2,3)4/h12-13H,10-11H2,1-9H3,(H2,18,20)(H,19,21)/t12-,13+/m1/s1. The van der Waals surface area contributed by atoms with Crippen LogP contribution in [0.15, 0.2) is 0 Å². The monoisotopic (exact) mass is 360 g/mol. The molecular weight excluding hydrogens is 324 g/mol. The molecule has 0 aromatic heterocycles. The van der Waals surface area contributed by atoms with Crippen molar-refractivity contribution in [3.63, 3.8) is 0 Å². The number of carbonyl (C=O) groups is 2. The lowest BCUT2D eigenvalue weighted by Gasteiger charge is -2.40. The fraction of sp³-hybridized carbons (Fsp3) is 0.882. The van der Waals surface area contributed by atoms with Gasteiger partial charge in [-0.15, -0.1) is 0 Å². The molecule has 24 heavy (non-hydrogen) atoms. The number of hydrogen-bond acceptors (Lipinski definition) is 4. The number of rotatable bonds is 7. The van der Waals surface area contributed by atoms with Crippen molar-refractivity contribution in [1.82, 2.24) is 5.32 Å². The van der Waals surface area contributed by atoms with Gasteiger partial charge in [0.05, 0.1) is 12.1 Å². The average molecular weight is 361 g/mol. The van der Waals surface area contributed by atoms with Gasteiger partial charge < -0.3 is 20.2 Å². The minimum absolute atomic E-state index is 0.0570. The Hall–Kier alpha value is -1.08. The summed E-state index contributed by atoms with van der Waals surface area (Å²) in [6.07, 6.45) is -0.142. The first-order valence-corrected chi connectivity index (χ1v) is 11.4. The highest BCUT2D eigenvalue weighted by Crippen LogP contribution is 2.37. The molecule has 0 aromatic rings. The zero-order valence-corrected chi connectivity index (χ0v) is 17.8. The van der Waals surface area contributed by atoms with E-state index in [1.807, 2.05) is 6.92 Å². The maximum absolute atomic E-state index is 12.1. The fourth-order valence-corrected chi connectivity index (χ4v) is 3.35. The van der Waals surface area contributed by atoms with Crippen LogP contribution in [0.1, 0.15) is 61.3 Å². The van der Waals surface area contributed by atoms with Crippen molar-refractivity contribution in [2.24, 2.45) is 5.73 Å². The number of hydrogen-bond donors (Lipinski definition) is 2. The highest BCUT2D eigenvalue weighted by Gasteiger charge is 2.40. The largest absolute Gasteiger partial charge is 0.444 e. The molecule has 2 amide bonds. The second kappa shape index (κ2) is 8.34. The first-order valence-electron chi connectivity index (χ1n) is 8.51. The van der Waals surface area contributed by atoms with Crippen LogP contribution in [-0.4, -0.2) is 38.1 Å². The zero-order valence-electron chi connectivity index (χ0n) is 16.8. The average Bonchev–Trinajstić information content (AvgIpc) is 2.29. The van der Waals surface area contributed by atoms with Crippen molar-refractivity contribution in [1.29, 1.82) is 0 Å². The minimum Gasteiger partial charge on any atom is -0.444 e. The summed E-state index contributed by atoms with van der Waals surface area (Å²) in [5.41, 5.74) is 4.67. The second-order valence-electron chi connectivity index (χ2n) is 8.84. The van der Waals surface area contributed by atoms with Gasteiger partial charge in [-0.25, -0.2) is 4.79 Å². The van der Waals surface area contributed by atoms with Gasteiger partial charge in [-0.1, -0.05) is 20.8 Å². The fourth-order valence-electron chi connectivity index (χ4n) is 1.90. The van der Waals surface area contributed by atoms with Crippen LogP contribution in [0, 0.1) is 0 Å². The van der Waals surface area contributed by atoms with Crippen LogP contribution in [-0.2, 0) is 14.0 Å². The van der Waals surface area contributed by atoms with Crippen molar-refractivity contribution in [2.45, 2.75) is 97.2 Å². The molecule has 0 aliphatic heterocycles. The Labute approximate surface area is 148 Å². The molecule has 2 atom stereocenters. The third kappa shape index (κ3) is 8.68. The Morgan fingerprint density at radius 2 is 1.62 bits per heavy atom. The summed E-state index contributed by atoms with van der Waals surface area (Å²) in [6.45, 7) is 18.1. The number of primary amides is 1. The molecule has 0 heterocycles. The molecule has 0 saturated carbocycles. The first-order chi connectivity index (χ1) is 10.5. The molecule has 0 rings (SSSR count). The van der Waals surface area contributed by atoms with E-state index in [4.69, 9.17) is 14.9 Å². The SMILES string of the molecule is C[C@@H](O[Si](C)(C)C(C)(C)C)[C@H](CCC(N)=O)NC(=O)OC(C)(C)C. The van der Waals surface area contributed by atoms with E-state index in [0.717, 1.165) is 0 Å². The number of ether oxygens (including phenoxy) is 1. The summed E-state index contributed by atoms with van der Waals surface area (Å²) in [5, 5.41) is 2.89. The maximum Gasteiger partial charge on any atom is 0.407 e. The third-order valence-electron chi connectivity index (χ3n) is 4.26. The highest BCUT2D eigenvalue weighted by atomic mass is 28.4. The summed E-state index contributed by atoms with van der Waals surface area (Å²) in [5.74, 6) is -0.398. The van der Waals surface area contributed by atoms with Crippen LogP contribution >= 0.6 is 0 Å². The van der Waals surface area contributed by atoms with Gasteiger partial charge in [0, 0.05) is 6.42 Å². The number of alkyl carbamates (subject to hydrolysis) is 1. The topological polar surface area (TPSA) is 90.6 Å². The van der Waals surface area contributed by atoms with E-state index in [1.165, 1.54) is 0 Å². The molecule has 0 bridgehead atoms. The summed E-state index contributed by atoms with van der Waals surface area (Å²) < 4.78 is 11.7. The molecule has 0 saturated heterocycles. The first kappa shape index (κ1) is 22.9. The van der Waals surface area contributed by atoms with Crippen LogP contribution in [0.25, 0.3) is 0 Å². The van der Waals surface area contributed by atoms with E-state index >= 15 is 0 Å². The van der Waals surface area contributed by atoms with E-state index in [0.29, 0.717) is 6.42 Å². The maximum atomic E-state index is 12.1. The molecule has 0 aromatic carbocycles. The van der Waals surface area contributed by atoms with Gasteiger partial charge in [0.1, 0.15) is 5.60 Å². The van der Waals surface area contributed by atoms with Gasteiger partial charge in [-0.2, -0.15) is 0 Å². The zero-order chi connectivity index (χ0) is 19.3. The Morgan fingerprint density at radius 1 is 1.12 bits per heavy atom. The highest BCUT2D eigenvalue weighted by molar-refractivity contribution is 6.74. The van der Waals surface area contributed by atoms with Crippen molar-refractivity contribution < 1.29 is 18.8 Å². The van der Waals surface area contributed by atoms with Crippen LogP contribution < -0.4 is 11.1 Å².